The number of aryl methyl sites for hydroxylation is 1. The summed E-state index contributed by atoms with van der Waals surface area (Å²) in [5, 5.41) is 8.63. The van der Waals surface area contributed by atoms with Crippen molar-refractivity contribution in [2.45, 2.75) is 12.8 Å². The van der Waals surface area contributed by atoms with Gasteiger partial charge in [0.05, 0.1) is 10.9 Å². The molecule has 0 fully saturated rings. The number of hydrogen-bond donors (Lipinski definition) is 3. The topological polar surface area (TPSA) is 95.6 Å². The number of hydrogen-bond acceptors (Lipinski definition) is 4. The Bertz CT molecular complexity index is 958. The van der Waals surface area contributed by atoms with E-state index in [1.54, 1.807) is 12.1 Å². The molecular formula is C19H18N4O. The number of H-pyrrole nitrogens is 1. The smallest absolute Gasteiger partial charge is 0.258 e. The molecule has 0 aliphatic heterocycles. The van der Waals surface area contributed by atoms with E-state index >= 15 is 0 Å². The maximum atomic E-state index is 12.0. The molecule has 0 saturated carbocycles. The molecule has 0 radical (unpaired) electrons. The van der Waals surface area contributed by atoms with Gasteiger partial charge in [0, 0.05) is 17.8 Å². The number of benzene rings is 2. The summed E-state index contributed by atoms with van der Waals surface area (Å²) >= 11 is 0. The van der Waals surface area contributed by atoms with Gasteiger partial charge in [-0.05, 0) is 30.2 Å². The summed E-state index contributed by atoms with van der Waals surface area (Å²) < 4.78 is 0. The van der Waals surface area contributed by atoms with Crippen molar-refractivity contribution in [3.8, 4) is 0 Å². The van der Waals surface area contributed by atoms with Gasteiger partial charge in [0.25, 0.3) is 5.56 Å². The van der Waals surface area contributed by atoms with Gasteiger partial charge in [-0.15, -0.1) is 0 Å². The van der Waals surface area contributed by atoms with Crippen LogP contribution >= 0.6 is 0 Å². The number of nitrogens with zero attached hydrogens (tertiary/aromatic N) is 1. The average molecular weight is 318 g/mol. The predicted molar refractivity (Wildman–Crippen MR) is 97.0 cm³/mol. The lowest BCUT2D eigenvalue weighted by molar-refractivity contribution is 0.899. The number of rotatable bonds is 5. The van der Waals surface area contributed by atoms with Crippen LogP contribution in [0.4, 0.5) is 0 Å². The summed E-state index contributed by atoms with van der Waals surface area (Å²) in [6, 6.07) is 16.8. The van der Waals surface area contributed by atoms with Crippen molar-refractivity contribution >= 4 is 22.3 Å². The second kappa shape index (κ2) is 6.91. The number of aromatic amines is 1. The molecule has 3 rings (SSSR count). The van der Waals surface area contributed by atoms with Crippen molar-refractivity contribution in [1.82, 2.24) is 9.97 Å². The maximum absolute atomic E-state index is 12.0. The van der Waals surface area contributed by atoms with Crippen LogP contribution in [0.5, 0.6) is 0 Å². The Balaban J connectivity index is 1.72. The number of nitrogens with one attached hydrogen (secondary N) is 2. The molecule has 0 aliphatic rings. The maximum Gasteiger partial charge on any atom is 0.258 e. The summed E-state index contributed by atoms with van der Waals surface area (Å²) in [6.07, 6.45) is 2.58. The Morgan fingerprint density at radius 2 is 1.83 bits per heavy atom. The van der Waals surface area contributed by atoms with E-state index in [2.05, 4.69) is 9.97 Å². The first-order valence-corrected chi connectivity index (χ1v) is 7.71. The number of para-hydroxylation sites is 1. The summed E-state index contributed by atoms with van der Waals surface area (Å²) in [5.41, 5.74) is 8.37. The first kappa shape index (κ1) is 15.7. The van der Waals surface area contributed by atoms with E-state index in [-0.39, 0.29) is 5.56 Å². The van der Waals surface area contributed by atoms with Crippen LogP contribution in [0.15, 0.2) is 65.5 Å². The first-order valence-electron chi connectivity index (χ1n) is 7.71. The number of fused-ring (bicyclic) bond motifs is 1. The molecule has 0 saturated heterocycles. The summed E-state index contributed by atoms with van der Waals surface area (Å²) in [7, 11) is 0. The quantitative estimate of drug-likeness (QED) is 0.631. The minimum Gasteiger partial charge on any atom is -0.398 e. The summed E-state index contributed by atoms with van der Waals surface area (Å²) in [6.45, 7) is 0. The van der Waals surface area contributed by atoms with Crippen LogP contribution in [0.2, 0.25) is 0 Å². The van der Waals surface area contributed by atoms with Crippen LogP contribution in [-0.4, -0.2) is 15.7 Å². The van der Waals surface area contributed by atoms with Gasteiger partial charge in [-0.3, -0.25) is 4.79 Å². The largest absolute Gasteiger partial charge is 0.398 e. The molecular weight excluding hydrogens is 300 g/mol. The van der Waals surface area contributed by atoms with Crippen molar-refractivity contribution < 1.29 is 0 Å². The fourth-order valence-electron chi connectivity index (χ4n) is 2.48. The van der Waals surface area contributed by atoms with Crippen LogP contribution in [0, 0.1) is 5.41 Å². The van der Waals surface area contributed by atoms with E-state index in [9.17, 15) is 4.79 Å². The van der Waals surface area contributed by atoms with Crippen LogP contribution < -0.4 is 11.3 Å². The molecule has 0 aliphatic carbocycles. The van der Waals surface area contributed by atoms with Crippen LogP contribution in [0.3, 0.4) is 0 Å². The van der Waals surface area contributed by atoms with Crippen molar-refractivity contribution in [1.29, 1.82) is 5.41 Å². The highest BCUT2D eigenvalue weighted by Crippen LogP contribution is 2.10. The van der Waals surface area contributed by atoms with Gasteiger partial charge >= 0.3 is 0 Å². The molecule has 120 valence electrons. The van der Waals surface area contributed by atoms with Gasteiger partial charge < -0.3 is 16.1 Å². The Labute approximate surface area is 139 Å². The third kappa shape index (κ3) is 3.57. The van der Waals surface area contributed by atoms with Crippen LogP contribution in [0.1, 0.15) is 17.8 Å². The van der Waals surface area contributed by atoms with Crippen molar-refractivity contribution in [2.75, 3.05) is 0 Å². The molecule has 0 atom stereocenters. The normalized spacial score (nSPS) is 11.6. The number of nitrogens with two attached hydrogens (primary N) is 1. The van der Waals surface area contributed by atoms with Gasteiger partial charge in [-0.2, -0.15) is 0 Å². The van der Waals surface area contributed by atoms with Gasteiger partial charge in [-0.1, -0.05) is 42.5 Å². The van der Waals surface area contributed by atoms with E-state index in [1.165, 1.54) is 0 Å². The lowest BCUT2D eigenvalue weighted by Gasteiger charge is -2.04. The molecule has 24 heavy (non-hydrogen) atoms. The average Bonchev–Trinajstić information content (AvgIpc) is 2.61. The SMILES string of the molecule is N=C(C=C(N)c1ccccc1)CCc1nc2ccccc2c(=O)[nH]1. The second-order valence-electron chi connectivity index (χ2n) is 5.52. The summed E-state index contributed by atoms with van der Waals surface area (Å²) in [5.74, 6) is 0.579. The van der Waals surface area contributed by atoms with E-state index in [1.807, 2.05) is 48.5 Å². The molecule has 3 aromatic rings. The van der Waals surface area contributed by atoms with Crippen LogP contribution in [-0.2, 0) is 6.42 Å². The lowest BCUT2D eigenvalue weighted by atomic mass is 10.1. The Hall–Kier alpha value is -3.21. The van der Waals surface area contributed by atoms with Crippen LogP contribution in [0.25, 0.3) is 16.6 Å². The molecule has 0 spiro atoms. The Morgan fingerprint density at radius 3 is 2.62 bits per heavy atom. The molecule has 5 nitrogen and oxygen atoms in total. The highest BCUT2D eigenvalue weighted by Gasteiger charge is 2.05. The molecule has 2 aromatic carbocycles. The fraction of sp³-hybridized carbons (Fsp3) is 0.105. The van der Waals surface area contributed by atoms with Gasteiger partial charge in [0.2, 0.25) is 0 Å². The highest BCUT2D eigenvalue weighted by atomic mass is 16.1. The molecule has 0 unspecified atom stereocenters. The Kier molecular flexibility index (Phi) is 4.52. The van der Waals surface area contributed by atoms with Crippen molar-refractivity contribution in [3.63, 3.8) is 0 Å². The van der Waals surface area contributed by atoms with Crippen molar-refractivity contribution in [2.24, 2.45) is 5.73 Å². The Morgan fingerprint density at radius 1 is 1.12 bits per heavy atom. The molecule has 0 amide bonds. The minimum absolute atomic E-state index is 0.151. The number of allylic oxidation sites excluding steroid dienone is 1. The van der Waals surface area contributed by atoms with E-state index in [4.69, 9.17) is 11.1 Å². The zero-order valence-electron chi connectivity index (χ0n) is 13.1. The zero-order chi connectivity index (χ0) is 16.9. The van der Waals surface area contributed by atoms with Crippen molar-refractivity contribution in [3.05, 3.63) is 82.4 Å². The molecule has 0 bridgehead atoms. The first-order chi connectivity index (χ1) is 11.6. The molecule has 1 aromatic heterocycles. The van der Waals surface area contributed by atoms with E-state index in [0.717, 1.165) is 5.56 Å². The second-order valence-corrected chi connectivity index (χ2v) is 5.52. The van der Waals surface area contributed by atoms with Gasteiger partial charge in [0.15, 0.2) is 0 Å². The molecule has 1 heterocycles. The fourth-order valence-corrected chi connectivity index (χ4v) is 2.48. The summed E-state index contributed by atoms with van der Waals surface area (Å²) in [4.78, 5) is 19.2. The van der Waals surface area contributed by atoms with E-state index < -0.39 is 0 Å². The lowest BCUT2D eigenvalue weighted by Crippen LogP contribution is -2.12. The van der Waals surface area contributed by atoms with Gasteiger partial charge in [0.1, 0.15) is 5.82 Å². The molecule has 4 N–H and O–H groups in total. The van der Waals surface area contributed by atoms with E-state index in [0.29, 0.717) is 41.0 Å². The third-order valence-electron chi connectivity index (χ3n) is 3.73. The monoisotopic (exact) mass is 318 g/mol. The zero-order valence-corrected chi connectivity index (χ0v) is 13.1. The minimum atomic E-state index is -0.151. The molecule has 5 heteroatoms. The standard InChI is InChI=1S/C19H18N4O/c20-14(12-16(21)13-6-2-1-3-7-13)10-11-18-22-17-9-5-4-8-15(17)19(24)23-18/h1-9,12,20H,10-11,21H2,(H,22,23,24). The highest BCUT2D eigenvalue weighted by molar-refractivity contribution is 5.98. The number of aromatic nitrogens is 2. The van der Waals surface area contributed by atoms with Gasteiger partial charge in [-0.25, -0.2) is 4.98 Å². The third-order valence-corrected chi connectivity index (χ3v) is 3.73. The predicted octanol–water partition coefficient (Wildman–Crippen LogP) is 2.88.